The smallest absolute Gasteiger partial charge is 0.227 e. The first-order chi connectivity index (χ1) is 13.4. The molecule has 0 bridgehead atoms. The van der Waals surface area contributed by atoms with Gasteiger partial charge < -0.3 is 15.1 Å². The molecule has 28 heavy (non-hydrogen) atoms. The number of piperazine rings is 1. The summed E-state index contributed by atoms with van der Waals surface area (Å²) in [6.07, 6.45) is 3.87. The minimum atomic E-state index is -0.0314. The molecule has 1 aliphatic carbocycles. The molecule has 0 unspecified atom stereocenters. The van der Waals surface area contributed by atoms with Gasteiger partial charge in [0.25, 0.3) is 0 Å². The summed E-state index contributed by atoms with van der Waals surface area (Å²) in [5.74, 6) is 0.237. The van der Waals surface area contributed by atoms with Crippen LogP contribution >= 0.6 is 0 Å². The molecule has 1 saturated carbocycles. The second-order valence-corrected chi connectivity index (χ2v) is 8.28. The van der Waals surface area contributed by atoms with Crippen molar-refractivity contribution in [1.82, 2.24) is 9.80 Å². The zero-order valence-electron chi connectivity index (χ0n) is 17.2. The highest BCUT2D eigenvalue weighted by molar-refractivity contribution is 5.94. The summed E-state index contributed by atoms with van der Waals surface area (Å²) in [5.41, 5.74) is 4.29. The van der Waals surface area contributed by atoms with Crippen LogP contribution in [-0.4, -0.2) is 54.2 Å². The Morgan fingerprint density at radius 1 is 0.929 bits per heavy atom. The molecule has 1 aromatic carbocycles. The highest BCUT2D eigenvalue weighted by atomic mass is 16.2. The fourth-order valence-electron chi connectivity index (χ4n) is 4.51. The molecule has 3 amide bonds. The summed E-state index contributed by atoms with van der Waals surface area (Å²) in [7, 11) is 0. The van der Waals surface area contributed by atoms with Gasteiger partial charge in [0.15, 0.2) is 0 Å². The van der Waals surface area contributed by atoms with Crippen LogP contribution in [0.5, 0.6) is 0 Å². The lowest BCUT2D eigenvalue weighted by Crippen LogP contribution is -2.50. The highest BCUT2D eigenvalue weighted by Gasteiger charge is 2.33. The van der Waals surface area contributed by atoms with Crippen molar-refractivity contribution >= 4 is 23.9 Å². The quantitative estimate of drug-likeness (QED) is 0.810. The van der Waals surface area contributed by atoms with Crippen molar-refractivity contribution in [2.45, 2.75) is 46.5 Å². The number of aryl methyl sites for hydroxylation is 3. The van der Waals surface area contributed by atoms with Crippen molar-refractivity contribution in [3.05, 3.63) is 28.8 Å². The largest absolute Gasteiger partial charge is 0.342 e. The SMILES string of the molecule is Cc1cc(C)c(NC(=O)C2CCC(C(=O)N3CCN(C=O)CC3)CC2)c(C)c1. The molecule has 3 rings (SSSR count). The third kappa shape index (κ3) is 4.54. The lowest BCUT2D eigenvalue weighted by Gasteiger charge is -2.36. The zero-order valence-corrected chi connectivity index (χ0v) is 17.2. The second kappa shape index (κ2) is 8.76. The van der Waals surface area contributed by atoms with Crippen LogP contribution < -0.4 is 5.32 Å². The minimum Gasteiger partial charge on any atom is -0.342 e. The first kappa shape index (κ1) is 20.4. The Balaban J connectivity index is 1.52. The number of rotatable bonds is 4. The van der Waals surface area contributed by atoms with E-state index in [9.17, 15) is 14.4 Å². The van der Waals surface area contributed by atoms with Gasteiger partial charge in [0.1, 0.15) is 0 Å². The van der Waals surface area contributed by atoms with Gasteiger partial charge in [-0.15, -0.1) is 0 Å². The van der Waals surface area contributed by atoms with Gasteiger partial charge in [-0.1, -0.05) is 17.7 Å². The Morgan fingerprint density at radius 3 is 2.00 bits per heavy atom. The Bertz CT molecular complexity index is 722. The Kier molecular flexibility index (Phi) is 6.37. The van der Waals surface area contributed by atoms with Crippen molar-refractivity contribution in [3.8, 4) is 0 Å². The molecule has 1 aliphatic heterocycles. The average molecular weight is 386 g/mol. The first-order valence-electron chi connectivity index (χ1n) is 10.3. The van der Waals surface area contributed by atoms with Gasteiger partial charge in [-0.2, -0.15) is 0 Å². The maximum absolute atomic E-state index is 12.8. The molecule has 6 heteroatoms. The summed E-state index contributed by atoms with van der Waals surface area (Å²) in [6, 6.07) is 4.17. The van der Waals surface area contributed by atoms with Crippen molar-refractivity contribution in [2.24, 2.45) is 11.8 Å². The Hall–Kier alpha value is -2.37. The summed E-state index contributed by atoms with van der Waals surface area (Å²) in [6.45, 7) is 8.56. The van der Waals surface area contributed by atoms with Crippen molar-refractivity contribution < 1.29 is 14.4 Å². The van der Waals surface area contributed by atoms with E-state index in [1.54, 1.807) is 4.90 Å². The maximum atomic E-state index is 12.8. The zero-order chi connectivity index (χ0) is 20.3. The van der Waals surface area contributed by atoms with E-state index in [-0.39, 0.29) is 23.7 Å². The molecule has 0 spiro atoms. The van der Waals surface area contributed by atoms with Crippen LogP contribution in [0.25, 0.3) is 0 Å². The van der Waals surface area contributed by atoms with Crippen molar-refractivity contribution in [1.29, 1.82) is 0 Å². The van der Waals surface area contributed by atoms with E-state index in [2.05, 4.69) is 24.4 Å². The highest BCUT2D eigenvalue weighted by Crippen LogP contribution is 2.32. The second-order valence-electron chi connectivity index (χ2n) is 8.28. The maximum Gasteiger partial charge on any atom is 0.227 e. The molecule has 6 nitrogen and oxygen atoms in total. The minimum absolute atomic E-state index is 0.00896. The standard InChI is InChI=1S/C22H31N3O3/c1-15-12-16(2)20(17(3)13-15)23-21(27)18-4-6-19(7-5-18)22(28)25-10-8-24(14-26)9-11-25/h12-14,18-19H,4-11H2,1-3H3,(H,23,27). The number of anilines is 1. The molecule has 2 aliphatic rings. The summed E-state index contributed by atoms with van der Waals surface area (Å²) in [4.78, 5) is 39.9. The van der Waals surface area contributed by atoms with Gasteiger partial charge in [-0.25, -0.2) is 0 Å². The van der Waals surface area contributed by atoms with E-state index in [0.717, 1.165) is 48.9 Å². The van der Waals surface area contributed by atoms with Crippen LogP contribution in [0.2, 0.25) is 0 Å². The number of amides is 3. The number of benzene rings is 1. The van der Waals surface area contributed by atoms with Crippen molar-refractivity contribution in [3.63, 3.8) is 0 Å². The van der Waals surface area contributed by atoms with Gasteiger partial charge in [-0.3, -0.25) is 14.4 Å². The molecule has 2 fully saturated rings. The third-order valence-electron chi connectivity index (χ3n) is 6.15. The lowest BCUT2D eigenvalue weighted by atomic mass is 9.80. The van der Waals surface area contributed by atoms with Gasteiger partial charge in [0.05, 0.1) is 0 Å². The summed E-state index contributed by atoms with van der Waals surface area (Å²) >= 11 is 0. The van der Waals surface area contributed by atoms with Gasteiger partial charge in [0, 0.05) is 43.7 Å². The van der Waals surface area contributed by atoms with Crippen LogP contribution in [0, 0.1) is 32.6 Å². The molecule has 152 valence electrons. The van der Waals surface area contributed by atoms with Crippen LogP contribution in [0.3, 0.4) is 0 Å². The number of carbonyl (C=O) groups is 3. The van der Waals surface area contributed by atoms with E-state index >= 15 is 0 Å². The van der Waals surface area contributed by atoms with E-state index < -0.39 is 0 Å². The van der Waals surface area contributed by atoms with Gasteiger partial charge >= 0.3 is 0 Å². The predicted molar refractivity (Wildman–Crippen MR) is 109 cm³/mol. The van der Waals surface area contributed by atoms with E-state index in [0.29, 0.717) is 26.2 Å². The van der Waals surface area contributed by atoms with Crippen LogP contribution in [0.1, 0.15) is 42.4 Å². The van der Waals surface area contributed by atoms with E-state index in [1.807, 2.05) is 18.7 Å². The Morgan fingerprint density at radius 2 is 1.46 bits per heavy atom. The monoisotopic (exact) mass is 385 g/mol. The molecule has 0 aromatic heterocycles. The van der Waals surface area contributed by atoms with Gasteiger partial charge in [0.2, 0.25) is 18.2 Å². The number of hydrogen-bond acceptors (Lipinski definition) is 3. The fourth-order valence-corrected chi connectivity index (χ4v) is 4.51. The topological polar surface area (TPSA) is 69.7 Å². The lowest BCUT2D eigenvalue weighted by molar-refractivity contribution is -0.140. The molecule has 1 saturated heterocycles. The first-order valence-corrected chi connectivity index (χ1v) is 10.3. The fraction of sp³-hybridized carbons (Fsp3) is 0.591. The van der Waals surface area contributed by atoms with Crippen LogP contribution in [0.15, 0.2) is 12.1 Å². The number of hydrogen-bond donors (Lipinski definition) is 1. The number of nitrogens with zero attached hydrogens (tertiary/aromatic N) is 2. The Labute approximate surface area is 167 Å². The number of carbonyl (C=O) groups excluding carboxylic acids is 3. The summed E-state index contributed by atoms with van der Waals surface area (Å²) < 4.78 is 0. The number of nitrogens with one attached hydrogen (secondary N) is 1. The molecular formula is C22H31N3O3. The predicted octanol–water partition coefficient (Wildman–Crippen LogP) is 2.66. The molecule has 1 aromatic rings. The molecule has 1 heterocycles. The van der Waals surface area contributed by atoms with Crippen LogP contribution in [0.4, 0.5) is 5.69 Å². The molecular weight excluding hydrogens is 354 g/mol. The molecule has 0 atom stereocenters. The van der Waals surface area contributed by atoms with E-state index in [1.165, 1.54) is 5.56 Å². The van der Waals surface area contributed by atoms with Crippen molar-refractivity contribution in [2.75, 3.05) is 31.5 Å². The third-order valence-corrected chi connectivity index (χ3v) is 6.15. The van der Waals surface area contributed by atoms with Gasteiger partial charge in [-0.05, 0) is 57.6 Å². The van der Waals surface area contributed by atoms with Crippen LogP contribution in [-0.2, 0) is 14.4 Å². The normalized spacial score (nSPS) is 22.7. The molecule has 1 N–H and O–H groups in total. The van der Waals surface area contributed by atoms with E-state index in [4.69, 9.17) is 0 Å². The molecule has 0 radical (unpaired) electrons. The average Bonchev–Trinajstić information content (AvgIpc) is 2.70. The summed E-state index contributed by atoms with van der Waals surface area (Å²) in [5, 5.41) is 3.12.